The largest absolute Gasteiger partial charge is 0.466 e. The van der Waals surface area contributed by atoms with Gasteiger partial charge in [-0.2, -0.15) is 0 Å². The second-order valence-corrected chi connectivity index (χ2v) is 2.36. The number of ether oxygens (including phenoxy) is 1. The zero-order valence-corrected chi connectivity index (χ0v) is 5.08. The fourth-order valence-corrected chi connectivity index (χ4v) is 0.861. The molecule has 0 unspecified atom stereocenters. The van der Waals surface area contributed by atoms with E-state index in [-0.39, 0.29) is 0 Å². The molecular weight excluding hydrogens is 114 g/mol. The van der Waals surface area contributed by atoms with Crippen molar-refractivity contribution in [2.75, 3.05) is 0 Å². The molecule has 0 spiro atoms. The van der Waals surface area contributed by atoms with Crippen LogP contribution in [0.15, 0.2) is 24.4 Å². The molecule has 0 aromatic carbocycles. The molecular formula is C7H8NO. The van der Waals surface area contributed by atoms with Crippen LogP contribution in [0.4, 0.5) is 0 Å². The van der Waals surface area contributed by atoms with Gasteiger partial charge in [-0.05, 0) is 12.8 Å². The summed E-state index contributed by atoms with van der Waals surface area (Å²) in [6.07, 6.45) is 7.64. The van der Waals surface area contributed by atoms with Gasteiger partial charge in [0.2, 0.25) is 0 Å². The first-order valence-corrected chi connectivity index (χ1v) is 3.18. The molecule has 0 N–H and O–H groups in total. The normalized spacial score (nSPS) is 24.2. The first-order valence-electron chi connectivity index (χ1n) is 3.18. The highest BCUT2D eigenvalue weighted by atomic mass is 16.5. The summed E-state index contributed by atoms with van der Waals surface area (Å²) in [5.41, 5.74) is 0. The van der Waals surface area contributed by atoms with E-state index in [1.54, 1.807) is 18.7 Å². The second kappa shape index (κ2) is 1.79. The maximum Gasteiger partial charge on any atom is 0.125 e. The number of nitrogens with zero attached hydrogens (tertiary/aromatic N) is 1. The Morgan fingerprint density at radius 2 is 2.44 bits per heavy atom. The summed E-state index contributed by atoms with van der Waals surface area (Å²) in [6, 6.07) is 0. The van der Waals surface area contributed by atoms with E-state index in [1.807, 2.05) is 0 Å². The van der Waals surface area contributed by atoms with Crippen molar-refractivity contribution in [3.05, 3.63) is 24.4 Å². The zero-order chi connectivity index (χ0) is 6.10. The minimum Gasteiger partial charge on any atom is -0.466 e. The van der Waals surface area contributed by atoms with E-state index in [2.05, 4.69) is 5.32 Å². The molecule has 47 valence electrons. The van der Waals surface area contributed by atoms with Crippen molar-refractivity contribution in [1.29, 1.82) is 0 Å². The maximum absolute atomic E-state index is 5.19. The average molecular weight is 122 g/mol. The number of rotatable bonds is 1. The third kappa shape index (κ3) is 0.922. The summed E-state index contributed by atoms with van der Waals surface area (Å²) in [5.74, 6) is 1.72. The van der Waals surface area contributed by atoms with Crippen molar-refractivity contribution >= 4 is 0 Å². The van der Waals surface area contributed by atoms with Crippen molar-refractivity contribution in [1.82, 2.24) is 5.32 Å². The van der Waals surface area contributed by atoms with Gasteiger partial charge in [-0.1, -0.05) is 0 Å². The van der Waals surface area contributed by atoms with Crippen molar-refractivity contribution < 1.29 is 4.74 Å². The van der Waals surface area contributed by atoms with Crippen LogP contribution in [0.1, 0.15) is 12.8 Å². The van der Waals surface area contributed by atoms with Crippen molar-refractivity contribution in [3.63, 3.8) is 0 Å². The molecule has 1 aliphatic carbocycles. The summed E-state index contributed by atoms with van der Waals surface area (Å²) >= 11 is 0. The quantitative estimate of drug-likeness (QED) is 0.514. The predicted octanol–water partition coefficient (Wildman–Crippen LogP) is 1.34. The number of hydrogen-bond donors (Lipinski definition) is 0. The van der Waals surface area contributed by atoms with Gasteiger partial charge in [0.1, 0.15) is 12.0 Å². The van der Waals surface area contributed by atoms with Crippen LogP contribution >= 0.6 is 0 Å². The minimum atomic E-state index is 0.679. The van der Waals surface area contributed by atoms with Crippen LogP contribution in [-0.2, 0) is 4.74 Å². The van der Waals surface area contributed by atoms with Gasteiger partial charge in [-0.3, -0.25) is 5.32 Å². The molecule has 0 aromatic heterocycles. The van der Waals surface area contributed by atoms with Crippen molar-refractivity contribution in [2.45, 2.75) is 12.8 Å². The Morgan fingerprint density at radius 1 is 1.56 bits per heavy atom. The average Bonchev–Trinajstić information content (AvgIpc) is 2.71. The van der Waals surface area contributed by atoms with E-state index < -0.39 is 0 Å². The van der Waals surface area contributed by atoms with Gasteiger partial charge in [0.05, 0.1) is 12.4 Å². The fourth-order valence-electron chi connectivity index (χ4n) is 0.861. The highest BCUT2D eigenvalue weighted by Gasteiger charge is 2.27. The summed E-state index contributed by atoms with van der Waals surface area (Å²) in [4.78, 5) is 0. The van der Waals surface area contributed by atoms with E-state index in [0.29, 0.717) is 5.92 Å². The Morgan fingerprint density at radius 3 is 3.00 bits per heavy atom. The lowest BCUT2D eigenvalue weighted by Gasteiger charge is -2.06. The predicted molar refractivity (Wildman–Crippen MR) is 33.2 cm³/mol. The molecule has 1 aliphatic heterocycles. The lowest BCUT2D eigenvalue weighted by atomic mass is 10.3. The van der Waals surface area contributed by atoms with Crippen LogP contribution in [0.2, 0.25) is 0 Å². The third-order valence-electron chi connectivity index (χ3n) is 1.53. The van der Waals surface area contributed by atoms with E-state index in [9.17, 15) is 0 Å². The van der Waals surface area contributed by atoms with E-state index in [1.165, 1.54) is 12.8 Å². The molecule has 0 aromatic rings. The zero-order valence-electron chi connectivity index (χ0n) is 5.08. The van der Waals surface area contributed by atoms with Gasteiger partial charge < -0.3 is 4.74 Å². The third-order valence-corrected chi connectivity index (χ3v) is 1.53. The number of hydrogen-bond acceptors (Lipinski definition) is 1. The summed E-state index contributed by atoms with van der Waals surface area (Å²) in [5, 5.41) is 3.95. The topological polar surface area (TPSA) is 23.3 Å². The monoisotopic (exact) mass is 122 g/mol. The fraction of sp³-hybridized carbons (Fsp3) is 0.429. The van der Waals surface area contributed by atoms with Crippen molar-refractivity contribution in [3.8, 4) is 0 Å². The summed E-state index contributed by atoms with van der Waals surface area (Å²) < 4.78 is 5.19. The second-order valence-electron chi connectivity index (χ2n) is 2.36. The van der Waals surface area contributed by atoms with Gasteiger partial charge >= 0.3 is 0 Å². The molecule has 9 heavy (non-hydrogen) atoms. The number of allylic oxidation sites excluding steroid dienone is 1. The molecule has 1 heterocycles. The van der Waals surface area contributed by atoms with Gasteiger partial charge in [-0.15, -0.1) is 0 Å². The molecule has 2 heteroatoms. The lowest BCUT2D eigenvalue weighted by Crippen LogP contribution is -1.98. The van der Waals surface area contributed by atoms with Crippen LogP contribution in [0, 0.1) is 5.92 Å². The SMILES string of the molecule is C1=COC(C2CC2)=C[N]1. The van der Waals surface area contributed by atoms with Crippen LogP contribution in [0.3, 0.4) is 0 Å². The highest BCUT2D eigenvalue weighted by molar-refractivity contribution is 5.09. The smallest absolute Gasteiger partial charge is 0.125 e. The molecule has 1 radical (unpaired) electrons. The lowest BCUT2D eigenvalue weighted by molar-refractivity contribution is 0.313. The Bertz CT molecular complexity index is 168. The van der Waals surface area contributed by atoms with Gasteiger partial charge in [0, 0.05) is 5.92 Å². The molecule has 2 rings (SSSR count). The van der Waals surface area contributed by atoms with Crippen LogP contribution in [-0.4, -0.2) is 0 Å². The molecule has 0 bridgehead atoms. The summed E-state index contributed by atoms with van der Waals surface area (Å²) in [7, 11) is 0. The molecule has 0 atom stereocenters. The Hall–Kier alpha value is -0.920. The van der Waals surface area contributed by atoms with Crippen LogP contribution in [0.25, 0.3) is 0 Å². The first kappa shape index (κ1) is 4.91. The van der Waals surface area contributed by atoms with Crippen LogP contribution < -0.4 is 5.32 Å². The Balaban J connectivity index is 2.02. The molecule has 1 saturated carbocycles. The molecule has 2 aliphatic rings. The van der Waals surface area contributed by atoms with Crippen LogP contribution in [0.5, 0.6) is 0 Å². The Kier molecular flexibility index (Phi) is 0.979. The standard InChI is InChI=1S/C7H8NO/c1-2-6(1)7-5-8-3-4-9-7/h3-6H,1-2H2. The van der Waals surface area contributed by atoms with Crippen molar-refractivity contribution in [2.24, 2.45) is 5.92 Å². The van der Waals surface area contributed by atoms with E-state index >= 15 is 0 Å². The van der Waals surface area contributed by atoms with E-state index in [0.717, 1.165) is 5.76 Å². The molecule has 1 fully saturated rings. The molecule has 2 nitrogen and oxygen atoms in total. The van der Waals surface area contributed by atoms with E-state index in [4.69, 9.17) is 4.74 Å². The Labute approximate surface area is 54.2 Å². The minimum absolute atomic E-state index is 0.679. The molecule has 0 saturated heterocycles. The summed E-state index contributed by atoms with van der Waals surface area (Å²) in [6.45, 7) is 0. The maximum atomic E-state index is 5.19. The van der Waals surface area contributed by atoms with Gasteiger partial charge in [0.25, 0.3) is 0 Å². The molecule has 0 amide bonds. The van der Waals surface area contributed by atoms with Gasteiger partial charge in [0.15, 0.2) is 0 Å². The van der Waals surface area contributed by atoms with Gasteiger partial charge in [-0.25, -0.2) is 0 Å². The first-order chi connectivity index (χ1) is 4.47. The highest BCUT2D eigenvalue weighted by Crippen LogP contribution is 2.37.